The predicted molar refractivity (Wildman–Crippen MR) is 64.9 cm³/mol. The maximum atomic E-state index is 13.0. The van der Waals surface area contributed by atoms with E-state index in [-0.39, 0.29) is 22.6 Å². The number of carbonyl (C=O) groups is 1. The highest BCUT2D eigenvalue weighted by atomic mass is 19.4. The van der Waals surface area contributed by atoms with Crippen molar-refractivity contribution in [1.29, 1.82) is 0 Å². The lowest BCUT2D eigenvalue weighted by Gasteiger charge is -2.13. The fourth-order valence-electron chi connectivity index (χ4n) is 1.66. The van der Waals surface area contributed by atoms with Gasteiger partial charge in [-0.15, -0.1) is 0 Å². The number of hydrogen-bond acceptors (Lipinski definition) is 3. The molecule has 0 saturated carbocycles. The number of aromatic nitrogens is 1. The molecule has 0 fully saturated rings. The number of halogens is 3. The average Bonchev–Trinajstić information content (AvgIpc) is 2.38. The van der Waals surface area contributed by atoms with Crippen LogP contribution in [0.15, 0.2) is 36.5 Å². The fraction of sp³-hybridized carbons (Fsp3) is 0.0769. The summed E-state index contributed by atoms with van der Waals surface area (Å²) in [6.45, 7) is 0. The quantitative estimate of drug-likeness (QED) is 0.888. The molecule has 0 unspecified atom stereocenters. The number of nitrogens with two attached hydrogens (primary N) is 1. The topological polar surface area (TPSA) is 76.2 Å². The van der Waals surface area contributed by atoms with E-state index in [1.807, 2.05) is 0 Å². The van der Waals surface area contributed by atoms with Crippen LogP contribution in [0.1, 0.15) is 15.9 Å². The van der Waals surface area contributed by atoms with Crippen LogP contribution < -0.4 is 5.73 Å². The number of rotatable bonds is 2. The summed E-state index contributed by atoms with van der Waals surface area (Å²) in [5, 5.41) is 9.15. The Kier molecular flexibility index (Phi) is 3.35. The summed E-state index contributed by atoms with van der Waals surface area (Å²) in [6.07, 6.45) is -3.69. The Morgan fingerprint density at radius 2 is 1.80 bits per heavy atom. The van der Waals surface area contributed by atoms with Crippen LogP contribution in [-0.4, -0.2) is 16.0 Å². The maximum Gasteiger partial charge on any atom is 0.418 e. The van der Waals surface area contributed by atoms with Crippen molar-refractivity contribution in [2.24, 2.45) is 5.73 Å². The standard InChI is InChI=1S/C13H9F3N2O2/c14-13(15,16)10-5-8(12(17)20)6-18-11(10)7-1-3-9(19)4-2-7/h1-6,19H,(H2,17,20). The molecular formula is C13H9F3N2O2. The van der Waals surface area contributed by atoms with Gasteiger partial charge in [0.15, 0.2) is 0 Å². The molecule has 0 aliphatic carbocycles. The van der Waals surface area contributed by atoms with Crippen molar-refractivity contribution in [2.45, 2.75) is 6.18 Å². The molecule has 7 heteroatoms. The number of benzene rings is 1. The second-order valence-electron chi connectivity index (χ2n) is 4.03. The SMILES string of the molecule is NC(=O)c1cnc(-c2ccc(O)cc2)c(C(F)(F)F)c1. The highest BCUT2D eigenvalue weighted by Gasteiger charge is 2.35. The van der Waals surface area contributed by atoms with E-state index >= 15 is 0 Å². The third-order valence-electron chi connectivity index (χ3n) is 2.62. The van der Waals surface area contributed by atoms with Crippen molar-refractivity contribution in [3.05, 3.63) is 47.7 Å². The summed E-state index contributed by atoms with van der Waals surface area (Å²) in [7, 11) is 0. The van der Waals surface area contributed by atoms with Gasteiger partial charge in [0.25, 0.3) is 0 Å². The lowest BCUT2D eigenvalue weighted by atomic mass is 10.0. The van der Waals surface area contributed by atoms with Crippen LogP contribution in [0.5, 0.6) is 5.75 Å². The normalized spacial score (nSPS) is 11.3. The molecule has 2 aromatic rings. The molecular weight excluding hydrogens is 273 g/mol. The Balaban J connectivity index is 2.63. The number of pyridine rings is 1. The first-order valence-corrected chi connectivity index (χ1v) is 5.45. The summed E-state index contributed by atoms with van der Waals surface area (Å²) < 4.78 is 39.0. The minimum absolute atomic E-state index is 0.0731. The van der Waals surface area contributed by atoms with E-state index in [2.05, 4.69) is 4.98 Å². The summed E-state index contributed by atoms with van der Waals surface area (Å²) in [4.78, 5) is 14.6. The van der Waals surface area contributed by atoms with E-state index in [0.29, 0.717) is 6.07 Å². The zero-order valence-corrected chi connectivity index (χ0v) is 9.98. The minimum atomic E-state index is -4.67. The molecule has 1 heterocycles. The largest absolute Gasteiger partial charge is 0.508 e. The smallest absolute Gasteiger partial charge is 0.418 e. The van der Waals surface area contributed by atoms with Gasteiger partial charge in [-0.1, -0.05) is 0 Å². The average molecular weight is 282 g/mol. The van der Waals surface area contributed by atoms with E-state index in [4.69, 9.17) is 10.8 Å². The molecule has 20 heavy (non-hydrogen) atoms. The predicted octanol–water partition coefficient (Wildman–Crippen LogP) is 2.57. The first-order chi connectivity index (χ1) is 9.29. The number of hydrogen-bond donors (Lipinski definition) is 2. The summed E-state index contributed by atoms with van der Waals surface area (Å²) in [5.41, 5.74) is 3.42. The third kappa shape index (κ3) is 2.71. The van der Waals surface area contributed by atoms with E-state index in [1.165, 1.54) is 24.3 Å². The van der Waals surface area contributed by atoms with Gasteiger partial charge in [-0.3, -0.25) is 9.78 Å². The van der Waals surface area contributed by atoms with Crippen LogP contribution in [-0.2, 0) is 6.18 Å². The molecule has 0 radical (unpaired) electrons. The number of phenols is 1. The van der Waals surface area contributed by atoms with Crippen molar-refractivity contribution in [3.63, 3.8) is 0 Å². The molecule has 0 aliphatic rings. The summed E-state index contributed by atoms with van der Waals surface area (Å²) >= 11 is 0. The molecule has 0 saturated heterocycles. The lowest BCUT2D eigenvalue weighted by Crippen LogP contribution is -2.15. The number of amides is 1. The summed E-state index contributed by atoms with van der Waals surface area (Å²) in [6, 6.07) is 5.77. The van der Waals surface area contributed by atoms with Gasteiger partial charge in [0.05, 0.1) is 16.8 Å². The number of alkyl halides is 3. The molecule has 1 amide bonds. The van der Waals surface area contributed by atoms with Crippen LogP contribution >= 0.6 is 0 Å². The van der Waals surface area contributed by atoms with Gasteiger partial charge in [-0.2, -0.15) is 13.2 Å². The number of nitrogens with zero attached hydrogens (tertiary/aromatic N) is 1. The third-order valence-corrected chi connectivity index (χ3v) is 2.62. The van der Waals surface area contributed by atoms with Gasteiger partial charge in [0, 0.05) is 11.8 Å². The number of carbonyl (C=O) groups excluding carboxylic acids is 1. The first kappa shape index (κ1) is 13.9. The molecule has 4 nitrogen and oxygen atoms in total. The van der Waals surface area contributed by atoms with Gasteiger partial charge < -0.3 is 10.8 Å². The Hall–Kier alpha value is -2.57. The minimum Gasteiger partial charge on any atom is -0.508 e. The summed E-state index contributed by atoms with van der Waals surface area (Å²) in [5.74, 6) is -1.06. The van der Waals surface area contributed by atoms with Crippen molar-refractivity contribution in [3.8, 4) is 17.0 Å². The maximum absolute atomic E-state index is 13.0. The van der Waals surface area contributed by atoms with Gasteiger partial charge in [0.2, 0.25) is 5.91 Å². The number of primary amides is 1. The number of aromatic hydroxyl groups is 1. The highest BCUT2D eigenvalue weighted by molar-refractivity contribution is 5.93. The zero-order chi connectivity index (χ0) is 14.9. The zero-order valence-electron chi connectivity index (χ0n) is 9.98. The highest BCUT2D eigenvalue weighted by Crippen LogP contribution is 2.36. The van der Waals surface area contributed by atoms with E-state index < -0.39 is 17.6 Å². The molecule has 1 aromatic carbocycles. The molecule has 104 valence electrons. The van der Waals surface area contributed by atoms with Crippen molar-refractivity contribution < 1.29 is 23.1 Å². The van der Waals surface area contributed by atoms with Crippen molar-refractivity contribution in [1.82, 2.24) is 4.98 Å². The Morgan fingerprint density at radius 1 is 1.20 bits per heavy atom. The molecule has 0 aliphatic heterocycles. The van der Waals surface area contributed by atoms with Crippen LogP contribution in [0, 0.1) is 0 Å². The molecule has 0 bridgehead atoms. The van der Waals surface area contributed by atoms with Gasteiger partial charge in [-0.25, -0.2) is 0 Å². The van der Waals surface area contributed by atoms with Gasteiger partial charge >= 0.3 is 6.18 Å². The lowest BCUT2D eigenvalue weighted by molar-refractivity contribution is -0.137. The molecule has 0 atom stereocenters. The second-order valence-corrected chi connectivity index (χ2v) is 4.03. The molecule has 3 N–H and O–H groups in total. The van der Waals surface area contributed by atoms with Crippen LogP contribution in [0.4, 0.5) is 13.2 Å². The van der Waals surface area contributed by atoms with Gasteiger partial charge in [0.1, 0.15) is 5.75 Å². The molecule has 1 aromatic heterocycles. The number of phenolic OH excluding ortho intramolecular Hbond substituents is 1. The van der Waals surface area contributed by atoms with Crippen LogP contribution in [0.25, 0.3) is 11.3 Å². The van der Waals surface area contributed by atoms with Gasteiger partial charge in [-0.05, 0) is 30.3 Å². The molecule has 2 rings (SSSR count). The van der Waals surface area contributed by atoms with Crippen LogP contribution in [0.3, 0.4) is 0 Å². The van der Waals surface area contributed by atoms with E-state index in [1.54, 1.807) is 0 Å². The second kappa shape index (κ2) is 4.84. The van der Waals surface area contributed by atoms with Crippen LogP contribution in [0.2, 0.25) is 0 Å². The fourth-order valence-corrected chi connectivity index (χ4v) is 1.66. The first-order valence-electron chi connectivity index (χ1n) is 5.45. The Bertz CT molecular complexity index is 652. The van der Waals surface area contributed by atoms with Crippen molar-refractivity contribution >= 4 is 5.91 Å². The Morgan fingerprint density at radius 3 is 2.30 bits per heavy atom. The Labute approximate surface area is 111 Å². The van der Waals surface area contributed by atoms with E-state index in [9.17, 15) is 18.0 Å². The molecule has 0 spiro atoms. The van der Waals surface area contributed by atoms with Crippen molar-refractivity contribution in [2.75, 3.05) is 0 Å². The monoisotopic (exact) mass is 282 g/mol. The van der Waals surface area contributed by atoms with E-state index in [0.717, 1.165) is 6.20 Å².